The van der Waals surface area contributed by atoms with Gasteiger partial charge in [0.05, 0.1) is 0 Å². The van der Waals surface area contributed by atoms with Crippen LogP contribution in [0.2, 0.25) is 0 Å². The molecule has 2 aromatic rings. The number of rotatable bonds is 4. The van der Waals surface area contributed by atoms with Gasteiger partial charge in [-0.1, -0.05) is 67.6 Å². The number of carbonyl (C=O) groups is 1. The van der Waals surface area contributed by atoms with Gasteiger partial charge in [0.15, 0.2) is 0 Å². The third-order valence-corrected chi connectivity index (χ3v) is 4.46. The van der Waals surface area contributed by atoms with Crippen LogP contribution < -0.4 is 0 Å². The number of hydrogen-bond acceptors (Lipinski definition) is 3. The molecular formula is C20H23NO2. The number of carbonyl (C=O) groups excluding carboxylic acids is 1. The number of nitrogens with zero attached hydrogens (tertiary/aromatic N) is 1. The van der Waals surface area contributed by atoms with E-state index in [1.54, 1.807) is 0 Å². The average Bonchev–Trinajstić information content (AvgIpc) is 2.59. The monoisotopic (exact) mass is 309 g/mol. The SMILES string of the molecule is CC1CCN(OC(=O)C(c2ccccc2)c2ccccc2)CC1. The number of piperidine rings is 1. The molecule has 0 unspecified atom stereocenters. The Morgan fingerprint density at radius 2 is 1.43 bits per heavy atom. The fourth-order valence-electron chi connectivity index (χ4n) is 3.01. The van der Waals surface area contributed by atoms with Gasteiger partial charge in [-0.2, -0.15) is 0 Å². The van der Waals surface area contributed by atoms with E-state index >= 15 is 0 Å². The van der Waals surface area contributed by atoms with E-state index in [0.29, 0.717) is 5.92 Å². The molecular weight excluding hydrogens is 286 g/mol. The quantitative estimate of drug-likeness (QED) is 0.854. The summed E-state index contributed by atoms with van der Waals surface area (Å²) in [4.78, 5) is 18.5. The van der Waals surface area contributed by atoms with E-state index in [9.17, 15) is 4.79 Å². The molecule has 1 fully saturated rings. The first-order valence-corrected chi connectivity index (χ1v) is 8.30. The van der Waals surface area contributed by atoms with E-state index in [4.69, 9.17) is 4.84 Å². The Labute approximate surface area is 137 Å². The second-order valence-electron chi connectivity index (χ2n) is 6.28. The molecule has 0 N–H and O–H groups in total. The Bertz CT molecular complexity index is 579. The lowest BCUT2D eigenvalue weighted by Crippen LogP contribution is -2.36. The molecule has 2 aromatic carbocycles. The van der Waals surface area contributed by atoms with Gasteiger partial charge in [0.1, 0.15) is 5.92 Å². The minimum Gasteiger partial charge on any atom is -0.367 e. The zero-order valence-corrected chi connectivity index (χ0v) is 13.5. The standard InChI is InChI=1S/C20H23NO2/c1-16-12-14-21(15-13-16)23-20(22)19(17-8-4-2-5-9-17)18-10-6-3-7-11-18/h2-11,16,19H,12-15H2,1H3. The van der Waals surface area contributed by atoms with Gasteiger partial charge in [0.25, 0.3) is 0 Å². The van der Waals surface area contributed by atoms with Crippen LogP contribution in [0.3, 0.4) is 0 Å². The summed E-state index contributed by atoms with van der Waals surface area (Å²) >= 11 is 0. The molecule has 23 heavy (non-hydrogen) atoms. The van der Waals surface area contributed by atoms with Gasteiger partial charge >= 0.3 is 5.97 Å². The van der Waals surface area contributed by atoms with Crippen molar-refractivity contribution in [2.45, 2.75) is 25.7 Å². The molecule has 3 heteroatoms. The molecule has 3 rings (SSSR count). The van der Waals surface area contributed by atoms with Crippen LogP contribution in [0.5, 0.6) is 0 Å². The van der Waals surface area contributed by atoms with E-state index in [1.165, 1.54) is 0 Å². The van der Waals surface area contributed by atoms with Crippen LogP contribution in [0.1, 0.15) is 36.8 Å². The fourth-order valence-corrected chi connectivity index (χ4v) is 3.01. The van der Waals surface area contributed by atoms with Crippen molar-refractivity contribution in [3.05, 3.63) is 71.8 Å². The van der Waals surface area contributed by atoms with Crippen LogP contribution in [-0.2, 0) is 9.63 Å². The molecule has 1 aliphatic heterocycles. The van der Waals surface area contributed by atoms with Crippen LogP contribution in [0.15, 0.2) is 60.7 Å². The summed E-state index contributed by atoms with van der Waals surface area (Å²) in [5, 5.41) is 1.82. The molecule has 120 valence electrons. The lowest BCUT2D eigenvalue weighted by atomic mass is 9.91. The maximum atomic E-state index is 12.8. The first-order valence-electron chi connectivity index (χ1n) is 8.30. The Kier molecular flexibility index (Phi) is 5.09. The van der Waals surface area contributed by atoms with E-state index in [1.807, 2.05) is 65.7 Å². The summed E-state index contributed by atoms with van der Waals surface area (Å²) in [6, 6.07) is 19.7. The predicted octanol–water partition coefficient (Wildman–Crippen LogP) is 4.01. The second-order valence-corrected chi connectivity index (χ2v) is 6.28. The Morgan fingerprint density at radius 1 is 0.957 bits per heavy atom. The molecule has 0 bridgehead atoms. The zero-order valence-electron chi connectivity index (χ0n) is 13.5. The number of hydroxylamine groups is 2. The van der Waals surface area contributed by atoms with Gasteiger partial charge in [-0.15, -0.1) is 5.06 Å². The number of hydrogen-bond donors (Lipinski definition) is 0. The summed E-state index contributed by atoms with van der Waals surface area (Å²) in [5.74, 6) is 0.137. The largest absolute Gasteiger partial charge is 0.367 e. The number of benzene rings is 2. The van der Waals surface area contributed by atoms with Crippen LogP contribution >= 0.6 is 0 Å². The molecule has 3 nitrogen and oxygen atoms in total. The van der Waals surface area contributed by atoms with Crippen molar-refractivity contribution in [3.8, 4) is 0 Å². The summed E-state index contributed by atoms with van der Waals surface area (Å²) in [6.45, 7) is 3.89. The van der Waals surface area contributed by atoms with Gasteiger partial charge in [0, 0.05) is 13.1 Å². The lowest BCUT2D eigenvalue weighted by molar-refractivity contribution is -0.197. The van der Waals surface area contributed by atoms with Gasteiger partial charge < -0.3 is 4.84 Å². The van der Waals surface area contributed by atoms with Crippen molar-refractivity contribution in [3.63, 3.8) is 0 Å². The maximum absolute atomic E-state index is 12.8. The summed E-state index contributed by atoms with van der Waals surface area (Å²) in [6.07, 6.45) is 2.16. The Morgan fingerprint density at radius 3 is 1.91 bits per heavy atom. The average molecular weight is 309 g/mol. The Balaban J connectivity index is 1.79. The van der Waals surface area contributed by atoms with E-state index < -0.39 is 0 Å². The minimum absolute atomic E-state index is 0.197. The predicted molar refractivity (Wildman–Crippen MR) is 90.8 cm³/mol. The molecule has 0 amide bonds. The molecule has 0 aromatic heterocycles. The smallest absolute Gasteiger partial charge is 0.336 e. The minimum atomic E-state index is -0.378. The van der Waals surface area contributed by atoms with E-state index in [2.05, 4.69) is 6.92 Å². The van der Waals surface area contributed by atoms with Crippen molar-refractivity contribution in [1.29, 1.82) is 0 Å². The third kappa shape index (κ3) is 3.99. The second kappa shape index (κ2) is 7.42. The van der Waals surface area contributed by atoms with Crippen molar-refractivity contribution in [2.24, 2.45) is 5.92 Å². The third-order valence-electron chi connectivity index (χ3n) is 4.46. The van der Waals surface area contributed by atoms with Gasteiger partial charge in [-0.05, 0) is 29.9 Å². The highest BCUT2D eigenvalue weighted by atomic mass is 16.7. The van der Waals surface area contributed by atoms with Crippen molar-refractivity contribution >= 4 is 5.97 Å². The van der Waals surface area contributed by atoms with E-state index in [0.717, 1.165) is 37.1 Å². The van der Waals surface area contributed by atoms with Gasteiger partial charge in [0.2, 0.25) is 0 Å². The van der Waals surface area contributed by atoms with Crippen LogP contribution in [0.25, 0.3) is 0 Å². The van der Waals surface area contributed by atoms with Crippen LogP contribution in [0.4, 0.5) is 0 Å². The highest BCUT2D eigenvalue weighted by molar-refractivity contribution is 5.82. The molecule has 0 spiro atoms. The van der Waals surface area contributed by atoms with E-state index in [-0.39, 0.29) is 11.9 Å². The summed E-state index contributed by atoms with van der Waals surface area (Å²) in [7, 11) is 0. The summed E-state index contributed by atoms with van der Waals surface area (Å²) < 4.78 is 0. The van der Waals surface area contributed by atoms with Crippen LogP contribution in [-0.4, -0.2) is 24.1 Å². The normalized spacial score (nSPS) is 16.4. The van der Waals surface area contributed by atoms with Gasteiger partial charge in [-0.25, -0.2) is 4.79 Å². The molecule has 1 saturated heterocycles. The molecule has 1 heterocycles. The summed E-state index contributed by atoms with van der Waals surface area (Å²) in [5.41, 5.74) is 1.93. The molecule has 0 atom stereocenters. The lowest BCUT2D eigenvalue weighted by Gasteiger charge is -2.30. The zero-order chi connectivity index (χ0) is 16.1. The Hall–Kier alpha value is -2.13. The van der Waals surface area contributed by atoms with Crippen molar-refractivity contribution < 1.29 is 9.63 Å². The first kappa shape index (κ1) is 15.8. The topological polar surface area (TPSA) is 29.5 Å². The molecule has 1 aliphatic rings. The molecule has 0 saturated carbocycles. The molecule has 0 aliphatic carbocycles. The van der Waals surface area contributed by atoms with Gasteiger partial charge in [-0.3, -0.25) is 0 Å². The molecule has 0 radical (unpaired) electrons. The first-order chi connectivity index (χ1) is 11.2. The van der Waals surface area contributed by atoms with Crippen LogP contribution in [0, 0.1) is 5.92 Å². The highest BCUT2D eigenvalue weighted by Crippen LogP contribution is 2.27. The van der Waals surface area contributed by atoms with Crippen molar-refractivity contribution in [2.75, 3.05) is 13.1 Å². The fraction of sp³-hybridized carbons (Fsp3) is 0.350. The maximum Gasteiger partial charge on any atom is 0.336 e. The van der Waals surface area contributed by atoms with Crippen molar-refractivity contribution in [1.82, 2.24) is 5.06 Å². The highest BCUT2D eigenvalue weighted by Gasteiger charge is 2.27.